The first-order valence-electron chi connectivity index (χ1n) is 10.5. The molecule has 0 aliphatic carbocycles. The maximum Gasteiger partial charge on any atom is 0.300 e. The summed E-state index contributed by atoms with van der Waals surface area (Å²) < 4.78 is 5.35. The van der Waals surface area contributed by atoms with Crippen molar-refractivity contribution in [2.75, 3.05) is 28.7 Å². The van der Waals surface area contributed by atoms with E-state index in [0.717, 1.165) is 17.0 Å². The molecule has 12 nitrogen and oxygen atoms in total. The van der Waals surface area contributed by atoms with Gasteiger partial charge in [-0.1, -0.05) is 12.1 Å². The molecule has 4 rings (SSSR count). The average Bonchev–Trinajstić information content (AvgIpc) is 2.84. The van der Waals surface area contributed by atoms with Gasteiger partial charge in [-0.3, -0.25) is 34.7 Å². The molecular formula is C23H19N5O7. The minimum absolute atomic E-state index is 0.301. The smallest absolute Gasteiger partial charge is 0.300 e. The second-order valence-corrected chi connectivity index (χ2v) is 7.44. The van der Waals surface area contributed by atoms with E-state index < -0.39 is 33.0 Å². The Hall–Kier alpha value is -5.00. The van der Waals surface area contributed by atoms with Gasteiger partial charge in [-0.25, -0.2) is 0 Å². The lowest BCUT2D eigenvalue weighted by Gasteiger charge is -2.29. The van der Waals surface area contributed by atoms with Gasteiger partial charge in [0, 0.05) is 17.8 Å². The number of nitrogens with one attached hydrogen (secondary N) is 2. The monoisotopic (exact) mass is 477 g/mol. The van der Waals surface area contributed by atoms with Gasteiger partial charge < -0.3 is 15.4 Å². The van der Waals surface area contributed by atoms with Crippen LogP contribution in [0, 0.1) is 20.2 Å². The van der Waals surface area contributed by atoms with Gasteiger partial charge in [-0.05, 0) is 43.3 Å². The van der Waals surface area contributed by atoms with E-state index in [2.05, 4.69) is 10.6 Å². The van der Waals surface area contributed by atoms with Gasteiger partial charge in [-0.2, -0.15) is 0 Å². The maximum atomic E-state index is 13.3. The van der Waals surface area contributed by atoms with Crippen LogP contribution in [0.25, 0.3) is 0 Å². The van der Waals surface area contributed by atoms with Crippen LogP contribution in [-0.4, -0.2) is 34.8 Å². The van der Waals surface area contributed by atoms with Crippen LogP contribution in [-0.2, 0) is 4.79 Å². The van der Waals surface area contributed by atoms with Crippen molar-refractivity contribution in [3.05, 3.63) is 86.5 Å². The van der Waals surface area contributed by atoms with Crippen molar-refractivity contribution in [2.45, 2.75) is 6.92 Å². The minimum Gasteiger partial charge on any atom is -0.494 e. The first-order valence-corrected chi connectivity index (χ1v) is 10.5. The predicted octanol–water partition coefficient (Wildman–Crippen LogP) is 4.24. The second-order valence-electron chi connectivity index (χ2n) is 7.44. The summed E-state index contributed by atoms with van der Waals surface area (Å²) >= 11 is 0. The van der Waals surface area contributed by atoms with Gasteiger partial charge in [0.25, 0.3) is 5.91 Å². The molecule has 1 aliphatic rings. The number of fused-ring (bicyclic) bond motifs is 1. The van der Waals surface area contributed by atoms with E-state index in [-0.39, 0.29) is 17.8 Å². The largest absolute Gasteiger partial charge is 0.494 e. The Morgan fingerprint density at radius 2 is 1.69 bits per heavy atom. The SMILES string of the molecule is CCOc1ccc(Nc2c([N+](=O)[O-])cc(C(=O)N3CC(=O)Nc4ccccc43)cc2[N+](=O)[O-])cc1. The van der Waals surface area contributed by atoms with Crippen molar-refractivity contribution < 1.29 is 24.2 Å². The standard InChI is InChI=1S/C23H19N5O7/c1-2-35-16-9-7-15(8-10-16)24-22-19(27(31)32)11-14(12-20(22)28(33)34)23(30)26-13-21(29)25-17-5-3-4-6-18(17)26/h3-12,24H,2,13H2,1H3,(H,25,29). The molecule has 0 saturated carbocycles. The summed E-state index contributed by atoms with van der Waals surface area (Å²) in [4.78, 5) is 48.6. The number of ether oxygens (including phenoxy) is 1. The van der Waals surface area contributed by atoms with Crippen molar-refractivity contribution in [1.29, 1.82) is 0 Å². The third kappa shape index (κ3) is 4.71. The van der Waals surface area contributed by atoms with Gasteiger partial charge in [0.05, 0.1) is 33.4 Å². The van der Waals surface area contributed by atoms with Crippen molar-refractivity contribution in [2.24, 2.45) is 0 Å². The van der Waals surface area contributed by atoms with E-state index in [9.17, 15) is 29.8 Å². The zero-order chi connectivity index (χ0) is 25.1. The molecule has 0 fully saturated rings. The number of carbonyl (C=O) groups is 2. The lowest BCUT2D eigenvalue weighted by atomic mass is 10.1. The number of nitro groups is 2. The number of nitrogens with zero attached hydrogens (tertiary/aromatic N) is 3. The highest BCUT2D eigenvalue weighted by Crippen LogP contribution is 2.39. The number of rotatable bonds is 7. The molecule has 2 N–H and O–H groups in total. The van der Waals surface area contributed by atoms with Gasteiger partial charge in [0.15, 0.2) is 5.69 Å². The Bertz CT molecular complexity index is 1310. The topological polar surface area (TPSA) is 157 Å². The molecule has 0 radical (unpaired) electrons. The molecular weight excluding hydrogens is 458 g/mol. The number of hydrogen-bond acceptors (Lipinski definition) is 8. The summed E-state index contributed by atoms with van der Waals surface area (Å²) in [5.41, 5.74) is -0.894. The Labute approximate surface area is 198 Å². The van der Waals surface area contributed by atoms with E-state index in [0.29, 0.717) is 29.4 Å². The number of anilines is 4. The average molecular weight is 477 g/mol. The van der Waals surface area contributed by atoms with E-state index in [4.69, 9.17) is 4.74 Å². The van der Waals surface area contributed by atoms with Gasteiger partial charge >= 0.3 is 11.4 Å². The fraction of sp³-hybridized carbons (Fsp3) is 0.130. The molecule has 3 aromatic rings. The number of carbonyl (C=O) groups excluding carboxylic acids is 2. The van der Waals surface area contributed by atoms with Crippen LogP contribution in [0.4, 0.5) is 34.1 Å². The Morgan fingerprint density at radius 1 is 1.06 bits per heavy atom. The number of hydrogen-bond donors (Lipinski definition) is 2. The number of amides is 2. The summed E-state index contributed by atoms with van der Waals surface area (Å²) in [7, 11) is 0. The summed E-state index contributed by atoms with van der Waals surface area (Å²) in [6.45, 7) is 1.92. The van der Waals surface area contributed by atoms with Crippen LogP contribution >= 0.6 is 0 Å². The van der Waals surface area contributed by atoms with Crippen molar-refractivity contribution in [3.63, 3.8) is 0 Å². The molecule has 0 atom stereocenters. The zero-order valence-corrected chi connectivity index (χ0v) is 18.4. The van der Waals surface area contributed by atoms with Crippen LogP contribution in [0.5, 0.6) is 5.75 Å². The van der Waals surface area contributed by atoms with Crippen LogP contribution in [0.1, 0.15) is 17.3 Å². The molecule has 0 aromatic heterocycles. The summed E-state index contributed by atoms with van der Waals surface area (Å²) in [5.74, 6) is -0.685. The number of para-hydroxylation sites is 2. The van der Waals surface area contributed by atoms with E-state index in [1.807, 2.05) is 6.92 Å². The highest BCUT2D eigenvalue weighted by molar-refractivity contribution is 6.15. The van der Waals surface area contributed by atoms with E-state index >= 15 is 0 Å². The molecule has 0 unspecified atom stereocenters. The summed E-state index contributed by atoms with van der Waals surface area (Å²) in [6, 6.07) is 14.8. The van der Waals surface area contributed by atoms with Crippen molar-refractivity contribution >= 4 is 45.9 Å². The lowest BCUT2D eigenvalue weighted by molar-refractivity contribution is -0.392. The Morgan fingerprint density at radius 3 is 2.29 bits per heavy atom. The molecule has 1 heterocycles. The molecule has 1 aliphatic heterocycles. The van der Waals surface area contributed by atoms with Gasteiger partial charge in [0.2, 0.25) is 5.91 Å². The van der Waals surface area contributed by atoms with Gasteiger partial charge in [0.1, 0.15) is 12.3 Å². The highest BCUT2D eigenvalue weighted by Gasteiger charge is 2.33. The molecule has 178 valence electrons. The minimum atomic E-state index is -0.808. The molecule has 3 aromatic carbocycles. The fourth-order valence-electron chi connectivity index (χ4n) is 3.67. The van der Waals surface area contributed by atoms with Crippen LogP contribution in [0.2, 0.25) is 0 Å². The van der Waals surface area contributed by atoms with E-state index in [1.165, 1.54) is 0 Å². The first kappa shape index (κ1) is 23.2. The molecule has 0 spiro atoms. The maximum absolute atomic E-state index is 13.3. The van der Waals surface area contributed by atoms with Crippen molar-refractivity contribution in [1.82, 2.24) is 0 Å². The Balaban J connectivity index is 1.76. The van der Waals surface area contributed by atoms with E-state index in [1.54, 1.807) is 48.5 Å². The quantitative estimate of drug-likeness (QED) is 0.378. The number of benzene rings is 3. The first-order chi connectivity index (χ1) is 16.8. The zero-order valence-electron chi connectivity index (χ0n) is 18.4. The Kier molecular flexibility index (Phi) is 6.27. The second kappa shape index (κ2) is 9.47. The highest BCUT2D eigenvalue weighted by atomic mass is 16.6. The van der Waals surface area contributed by atoms with Gasteiger partial charge in [-0.15, -0.1) is 0 Å². The summed E-state index contributed by atoms with van der Waals surface area (Å²) in [6.07, 6.45) is 0. The fourth-order valence-corrected chi connectivity index (χ4v) is 3.67. The third-order valence-electron chi connectivity index (χ3n) is 5.19. The molecule has 0 bridgehead atoms. The predicted molar refractivity (Wildman–Crippen MR) is 127 cm³/mol. The molecule has 2 amide bonds. The van der Waals surface area contributed by atoms with Crippen molar-refractivity contribution in [3.8, 4) is 5.75 Å². The van der Waals surface area contributed by atoms with Crippen LogP contribution in [0.15, 0.2) is 60.7 Å². The normalized spacial score (nSPS) is 12.4. The van der Waals surface area contributed by atoms with Crippen LogP contribution in [0.3, 0.4) is 0 Å². The molecule has 35 heavy (non-hydrogen) atoms. The lowest BCUT2D eigenvalue weighted by Crippen LogP contribution is -2.42. The third-order valence-corrected chi connectivity index (χ3v) is 5.19. The molecule has 12 heteroatoms. The molecule has 0 saturated heterocycles. The van der Waals surface area contributed by atoms with Crippen LogP contribution < -0.4 is 20.3 Å². The number of nitro benzene ring substituents is 2. The summed E-state index contributed by atoms with van der Waals surface area (Å²) in [5, 5.41) is 29.1.